The number of pyridine rings is 1. The SMILES string of the molecule is CCC(CC)(c1ccc(/C=C/C(O)(C(F)(F)F)C(F)(F)F)c(C)c1)c1ccc(-c2ccc(CC(C)=O)cn2)c(C)c1.CCC(CC)(c1ccc(/C=C/C(O)(C(F)(F)F)C(F)(F)F)c(C)c1)c1ccc(B2OC(C)(C)C(C)(C)O2)c(C)c1. The Morgan fingerprint density at radius 3 is 1.20 bits per heavy atom. The van der Waals surface area contributed by atoms with E-state index in [0.717, 1.165) is 55.7 Å². The van der Waals surface area contributed by atoms with Crippen molar-refractivity contribution < 1.29 is 77.0 Å². The second-order valence-electron chi connectivity index (χ2n) is 22.0. The van der Waals surface area contributed by atoms with Gasteiger partial charge in [0, 0.05) is 29.0 Å². The number of hydrogen-bond donors (Lipinski definition) is 2. The standard InChI is InChI=1S/C32H33F6NO2.C30H37BF6O3/c1-6-29(7-2,26-11-12-27(21(4)17-26)28-13-8-23(19-39-28)18-22(5)40)25-10-9-24(20(3)16-25)14-15-30(41,31(33,34)35)32(36,37)38;1-9-27(10-2,23-13-14-24(20(4)18-23)31-39-25(5,6)26(7,8)40-31)22-12-11-21(19(3)17-22)15-16-28(38,29(32,33)34)30(35,36)37/h8-17,19,41H,6-7,18H2,1-5H3;11-18,38H,9-10H2,1-8H3/b15-14+;16-15+. The quantitative estimate of drug-likeness (QED) is 0.0756. The van der Waals surface area contributed by atoms with Crippen LogP contribution in [-0.2, 0) is 31.4 Å². The summed E-state index contributed by atoms with van der Waals surface area (Å²) in [5, 5.41) is 18.9. The smallest absolute Gasteiger partial charge is 0.399 e. The molecular formula is C62H70BF12NO5. The number of Topliss-reactive ketones (excluding diaryl/α,β-unsaturated/α-hetero) is 1. The molecule has 1 saturated heterocycles. The van der Waals surface area contributed by atoms with E-state index in [1.165, 1.54) is 19.1 Å². The summed E-state index contributed by atoms with van der Waals surface area (Å²) in [5.74, 6) is 0.0546. The summed E-state index contributed by atoms with van der Waals surface area (Å²) in [6.45, 7) is 24.8. The van der Waals surface area contributed by atoms with Gasteiger partial charge >= 0.3 is 31.8 Å². The lowest BCUT2D eigenvalue weighted by Gasteiger charge is -2.34. The second-order valence-corrected chi connectivity index (χ2v) is 22.0. The number of carbonyl (C=O) groups is 1. The molecule has 5 aromatic rings. The molecule has 0 saturated carbocycles. The fraction of sp³-hybridized carbons (Fsp3) is 0.452. The van der Waals surface area contributed by atoms with Crippen molar-refractivity contribution in [1.29, 1.82) is 0 Å². The van der Waals surface area contributed by atoms with Crippen LogP contribution in [0.25, 0.3) is 23.4 Å². The molecule has 0 atom stereocenters. The Morgan fingerprint density at radius 1 is 0.531 bits per heavy atom. The zero-order chi connectivity index (χ0) is 61.3. The van der Waals surface area contributed by atoms with Crippen molar-refractivity contribution in [2.45, 2.75) is 180 Å². The molecule has 440 valence electrons. The number of rotatable bonds is 16. The minimum absolute atomic E-state index is 0.0546. The van der Waals surface area contributed by atoms with Crippen LogP contribution >= 0.6 is 0 Å². The van der Waals surface area contributed by atoms with E-state index >= 15 is 0 Å². The van der Waals surface area contributed by atoms with E-state index in [0.29, 0.717) is 55.4 Å². The Labute approximate surface area is 466 Å². The highest BCUT2D eigenvalue weighted by molar-refractivity contribution is 6.62. The van der Waals surface area contributed by atoms with E-state index in [1.54, 1.807) is 44.3 Å². The molecule has 19 heteroatoms. The predicted molar refractivity (Wildman–Crippen MR) is 293 cm³/mol. The molecule has 0 spiro atoms. The molecule has 0 bridgehead atoms. The molecule has 0 aliphatic carbocycles. The number of aryl methyl sites for hydroxylation is 4. The monoisotopic (exact) mass is 1150 g/mol. The summed E-state index contributed by atoms with van der Waals surface area (Å²) in [6.07, 6.45) is -18.0. The topological polar surface area (TPSA) is 88.9 Å². The lowest BCUT2D eigenvalue weighted by molar-refractivity contribution is -0.348. The minimum Gasteiger partial charge on any atom is -0.399 e. The molecule has 4 aromatic carbocycles. The average molecular weight is 1150 g/mol. The van der Waals surface area contributed by atoms with Crippen molar-refractivity contribution in [3.8, 4) is 11.3 Å². The summed E-state index contributed by atoms with van der Waals surface area (Å²) in [5.41, 5.74) is -1.33. The van der Waals surface area contributed by atoms with E-state index in [1.807, 2.05) is 106 Å². The molecule has 1 fully saturated rings. The first-order valence-corrected chi connectivity index (χ1v) is 26.5. The molecule has 2 heterocycles. The van der Waals surface area contributed by atoms with Gasteiger partial charge in [-0.1, -0.05) is 124 Å². The van der Waals surface area contributed by atoms with Crippen LogP contribution in [0.1, 0.15) is 149 Å². The van der Waals surface area contributed by atoms with Crippen molar-refractivity contribution in [2.75, 3.05) is 0 Å². The maximum absolute atomic E-state index is 13.1. The number of nitrogens with zero attached hydrogens (tertiary/aromatic N) is 1. The van der Waals surface area contributed by atoms with Gasteiger partial charge < -0.3 is 19.5 Å². The lowest BCUT2D eigenvalue weighted by Crippen LogP contribution is -2.55. The Morgan fingerprint density at radius 2 is 0.889 bits per heavy atom. The summed E-state index contributed by atoms with van der Waals surface area (Å²) < 4.78 is 170. The number of aromatic nitrogens is 1. The Hall–Kier alpha value is -5.76. The first kappa shape index (κ1) is 66.0. The summed E-state index contributed by atoms with van der Waals surface area (Å²) in [6, 6.07) is 25.9. The minimum atomic E-state index is -5.93. The van der Waals surface area contributed by atoms with Crippen LogP contribution in [0.3, 0.4) is 0 Å². The zero-order valence-electron chi connectivity index (χ0n) is 47.7. The molecule has 1 aromatic heterocycles. The van der Waals surface area contributed by atoms with Crippen LogP contribution in [0, 0.1) is 27.7 Å². The van der Waals surface area contributed by atoms with E-state index < -0.39 is 65.1 Å². The van der Waals surface area contributed by atoms with Gasteiger partial charge in [0.05, 0.1) is 16.9 Å². The van der Waals surface area contributed by atoms with Gasteiger partial charge in [-0.05, 0) is 167 Å². The Balaban J connectivity index is 0.000000297. The van der Waals surface area contributed by atoms with Crippen molar-refractivity contribution in [1.82, 2.24) is 4.98 Å². The first-order chi connectivity index (χ1) is 37.1. The van der Waals surface area contributed by atoms with Gasteiger partial charge in [-0.3, -0.25) is 9.78 Å². The van der Waals surface area contributed by atoms with Crippen molar-refractivity contribution in [3.63, 3.8) is 0 Å². The van der Waals surface area contributed by atoms with E-state index in [-0.39, 0.29) is 29.1 Å². The Kier molecular flexibility index (Phi) is 19.4. The maximum atomic E-state index is 13.1. The van der Waals surface area contributed by atoms with Gasteiger partial charge in [0.15, 0.2) is 0 Å². The molecule has 1 aliphatic heterocycles. The van der Waals surface area contributed by atoms with Gasteiger partial charge in [-0.25, -0.2) is 0 Å². The van der Waals surface area contributed by atoms with E-state index in [2.05, 4.69) is 17.1 Å². The highest BCUT2D eigenvalue weighted by Crippen LogP contribution is 2.48. The molecule has 1 aliphatic rings. The van der Waals surface area contributed by atoms with Crippen LogP contribution in [0.4, 0.5) is 52.7 Å². The molecule has 0 amide bonds. The van der Waals surface area contributed by atoms with Gasteiger partial charge in [0.1, 0.15) is 5.78 Å². The van der Waals surface area contributed by atoms with E-state index in [4.69, 9.17) is 9.31 Å². The van der Waals surface area contributed by atoms with Gasteiger partial charge in [0.25, 0.3) is 11.2 Å². The van der Waals surface area contributed by atoms with Crippen LogP contribution in [0.2, 0.25) is 0 Å². The van der Waals surface area contributed by atoms with Gasteiger partial charge in [-0.15, -0.1) is 0 Å². The van der Waals surface area contributed by atoms with Crippen LogP contribution < -0.4 is 5.46 Å². The number of benzene rings is 4. The molecule has 2 N–H and O–H groups in total. The van der Waals surface area contributed by atoms with Crippen LogP contribution in [0.5, 0.6) is 0 Å². The molecule has 0 unspecified atom stereocenters. The third-order valence-electron chi connectivity index (χ3n) is 16.5. The lowest BCUT2D eigenvalue weighted by atomic mass is 9.68. The van der Waals surface area contributed by atoms with Crippen LogP contribution in [-0.4, -0.2) is 75.2 Å². The molecule has 6 rings (SSSR count). The molecule has 0 radical (unpaired) electrons. The fourth-order valence-corrected chi connectivity index (χ4v) is 10.3. The summed E-state index contributed by atoms with van der Waals surface area (Å²) in [4.78, 5) is 15.9. The largest absolute Gasteiger partial charge is 0.495 e. The first-order valence-electron chi connectivity index (χ1n) is 26.5. The third-order valence-corrected chi connectivity index (χ3v) is 16.5. The Bertz CT molecular complexity index is 3050. The molecule has 81 heavy (non-hydrogen) atoms. The van der Waals surface area contributed by atoms with Crippen LogP contribution in [0.15, 0.2) is 103 Å². The van der Waals surface area contributed by atoms with Crippen molar-refractivity contribution >= 4 is 30.5 Å². The van der Waals surface area contributed by atoms with E-state index in [9.17, 15) is 67.7 Å². The fourth-order valence-electron chi connectivity index (χ4n) is 10.3. The van der Waals surface area contributed by atoms with Gasteiger partial charge in [-0.2, -0.15) is 52.7 Å². The maximum Gasteiger partial charge on any atom is 0.495 e. The number of hydrogen-bond acceptors (Lipinski definition) is 6. The summed E-state index contributed by atoms with van der Waals surface area (Å²) >= 11 is 0. The number of ketones is 1. The average Bonchev–Trinajstić information content (AvgIpc) is 3.64. The number of halogens is 12. The predicted octanol–water partition coefficient (Wildman–Crippen LogP) is 16.0. The molecular weight excluding hydrogens is 1080 g/mol. The number of carbonyl (C=O) groups excluding carboxylic acids is 1. The summed E-state index contributed by atoms with van der Waals surface area (Å²) in [7, 11) is -0.517. The number of alkyl halides is 12. The van der Waals surface area contributed by atoms with Crippen molar-refractivity contribution in [3.05, 3.63) is 164 Å². The second kappa shape index (κ2) is 23.8. The zero-order valence-corrected chi connectivity index (χ0v) is 47.7. The third kappa shape index (κ3) is 13.2. The highest BCUT2D eigenvalue weighted by Gasteiger charge is 2.70. The van der Waals surface area contributed by atoms with Gasteiger partial charge in [0.2, 0.25) is 0 Å². The number of aliphatic hydroxyl groups is 2. The van der Waals surface area contributed by atoms with Crippen molar-refractivity contribution in [2.24, 2.45) is 0 Å². The normalized spacial score (nSPS) is 15.6. The molecule has 6 nitrogen and oxygen atoms in total. The highest BCUT2D eigenvalue weighted by atomic mass is 19.4.